The minimum absolute atomic E-state index is 0.105. The molecule has 0 saturated carbocycles. The number of fused-ring (bicyclic) bond motifs is 1. The smallest absolute Gasteiger partial charge is 0.232 e. The third-order valence-corrected chi connectivity index (χ3v) is 6.28. The normalized spacial score (nSPS) is 13.4. The van der Waals surface area contributed by atoms with Gasteiger partial charge in [0, 0.05) is 24.6 Å². The molecule has 0 aromatic heterocycles. The molecule has 0 fully saturated rings. The number of hydrogen-bond acceptors (Lipinski definition) is 7. The van der Waals surface area contributed by atoms with E-state index in [1.165, 1.54) is 4.31 Å². The van der Waals surface area contributed by atoms with E-state index in [4.69, 9.17) is 18.9 Å². The van der Waals surface area contributed by atoms with Gasteiger partial charge in [-0.15, -0.1) is 0 Å². The molecule has 10 heteroatoms. The number of rotatable bonds is 10. The van der Waals surface area contributed by atoms with Crippen LogP contribution in [0.2, 0.25) is 0 Å². The average molecular weight is 465 g/mol. The van der Waals surface area contributed by atoms with E-state index in [1.807, 2.05) is 13.0 Å². The van der Waals surface area contributed by atoms with Gasteiger partial charge in [-0.05, 0) is 43.7 Å². The second-order valence-corrected chi connectivity index (χ2v) is 9.28. The van der Waals surface area contributed by atoms with Crippen molar-refractivity contribution >= 4 is 21.6 Å². The summed E-state index contributed by atoms with van der Waals surface area (Å²) < 4.78 is 47.2. The molecular weight excluding hydrogens is 436 g/mol. The van der Waals surface area contributed by atoms with E-state index < -0.39 is 10.0 Å². The third-order valence-electron chi connectivity index (χ3n) is 5.09. The number of carbonyl (C=O) groups excluding carboxylic acids is 1. The van der Waals surface area contributed by atoms with Gasteiger partial charge >= 0.3 is 0 Å². The summed E-state index contributed by atoms with van der Waals surface area (Å²) in [5, 5.41) is 2.93. The fraction of sp³-hybridized carbons (Fsp3) is 0.409. The van der Waals surface area contributed by atoms with Crippen molar-refractivity contribution in [3.8, 4) is 23.0 Å². The lowest BCUT2D eigenvalue weighted by molar-refractivity contribution is -0.121. The number of hydrogen-bond donors (Lipinski definition) is 1. The van der Waals surface area contributed by atoms with Crippen LogP contribution in [0.5, 0.6) is 23.0 Å². The molecule has 1 aliphatic rings. The van der Waals surface area contributed by atoms with Crippen LogP contribution in [0.4, 0.5) is 5.69 Å². The second-order valence-electron chi connectivity index (χ2n) is 7.37. The van der Waals surface area contributed by atoms with Crippen LogP contribution >= 0.6 is 0 Å². The molecule has 9 nitrogen and oxygen atoms in total. The number of amides is 1. The number of benzene rings is 2. The zero-order valence-electron chi connectivity index (χ0n) is 18.6. The molecule has 1 unspecified atom stereocenters. The Labute approximate surface area is 188 Å². The topological polar surface area (TPSA) is 103 Å². The zero-order valence-corrected chi connectivity index (χ0v) is 19.4. The number of nitrogens with one attached hydrogen (secondary N) is 1. The quantitative estimate of drug-likeness (QED) is 0.577. The molecule has 0 aliphatic carbocycles. The molecule has 2 aromatic rings. The predicted molar refractivity (Wildman–Crippen MR) is 120 cm³/mol. The first-order valence-corrected chi connectivity index (χ1v) is 12.0. The van der Waals surface area contributed by atoms with Crippen molar-refractivity contribution in [2.24, 2.45) is 0 Å². The monoisotopic (exact) mass is 464 g/mol. The summed E-state index contributed by atoms with van der Waals surface area (Å²) in [6.45, 7) is 2.11. The summed E-state index contributed by atoms with van der Waals surface area (Å²) >= 11 is 0. The van der Waals surface area contributed by atoms with E-state index in [0.717, 1.165) is 11.8 Å². The standard InChI is InChI=1S/C22H28N2O7S/c1-15(18-13-17(28-2)8-10-19(18)29-3)23-22(25)6-5-11-24(32(4,26)27)16-7-9-20-21(12-16)31-14-30-20/h7-10,12-13,15H,5-6,11,14H2,1-4H3,(H,23,25). The maximum Gasteiger partial charge on any atom is 0.232 e. The van der Waals surface area contributed by atoms with E-state index in [9.17, 15) is 13.2 Å². The molecule has 174 valence electrons. The van der Waals surface area contributed by atoms with E-state index in [0.29, 0.717) is 35.1 Å². The predicted octanol–water partition coefficient (Wildman–Crippen LogP) is 2.86. The number of anilines is 1. The molecule has 0 bridgehead atoms. The van der Waals surface area contributed by atoms with E-state index in [-0.39, 0.29) is 31.7 Å². The Hall–Kier alpha value is -3.14. The fourth-order valence-electron chi connectivity index (χ4n) is 3.48. The van der Waals surface area contributed by atoms with Crippen molar-refractivity contribution < 1.29 is 32.2 Å². The van der Waals surface area contributed by atoms with Crippen molar-refractivity contribution in [3.05, 3.63) is 42.0 Å². The Morgan fingerprint density at radius 2 is 1.88 bits per heavy atom. The molecule has 0 radical (unpaired) electrons. The van der Waals surface area contributed by atoms with Crippen LogP contribution in [0, 0.1) is 0 Å². The lowest BCUT2D eigenvalue weighted by atomic mass is 10.1. The Morgan fingerprint density at radius 3 is 2.56 bits per heavy atom. The first-order chi connectivity index (χ1) is 15.2. The van der Waals surface area contributed by atoms with Crippen LogP contribution < -0.4 is 28.6 Å². The van der Waals surface area contributed by atoms with Crippen molar-refractivity contribution in [2.45, 2.75) is 25.8 Å². The summed E-state index contributed by atoms with van der Waals surface area (Å²) in [5.74, 6) is 2.18. The van der Waals surface area contributed by atoms with Gasteiger partial charge in [0.2, 0.25) is 22.7 Å². The Morgan fingerprint density at radius 1 is 1.12 bits per heavy atom. The average Bonchev–Trinajstić information content (AvgIpc) is 3.23. The number of nitrogens with zero attached hydrogens (tertiary/aromatic N) is 1. The van der Waals surface area contributed by atoms with Gasteiger partial charge in [-0.1, -0.05) is 0 Å². The first-order valence-electron chi connectivity index (χ1n) is 10.1. The second kappa shape index (κ2) is 9.99. The molecule has 1 N–H and O–H groups in total. The lowest BCUT2D eigenvalue weighted by Crippen LogP contribution is -2.32. The van der Waals surface area contributed by atoms with Gasteiger partial charge in [-0.25, -0.2) is 8.42 Å². The highest BCUT2D eigenvalue weighted by atomic mass is 32.2. The fourth-order valence-corrected chi connectivity index (χ4v) is 4.44. The summed E-state index contributed by atoms with van der Waals surface area (Å²) in [4.78, 5) is 12.5. The molecular formula is C22H28N2O7S. The minimum Gasteiger partial charge on any atom is -0.497 e. The zero-order chi connectivity index (χ0) is 23.3. The van der Waals surface area contributed by atoms with Gasteiger partial charge < -0.3 is 24.3 Å². The minimum atomic E-state index is -3.54. The number of methoxy groups -OCH3 is 2. The first kappa shape index (κ1) is 23.5. The highest BCUT2D eigenvalue weighted by Crippen LogP contribution is 2.36. The van der Waals surface area contributed by atoms with Gasteiger partial charge in [0.25, 0.3) is 0 Å². The number of ether oxygens (including phenoxy) is 4. The van der Waals surface area contributed by atoms with Crippen LogP contribution in [0.15, 0.2) is 36.4 Å². The largest absolute Gasteiger partial charge is 0.497 e. The summed E-state index contributed by atoms with van der Waals surface area (Å²) in [6.07, 6.45) is 1.64. The van der Waals surface area contributed by atoms with Crippen LogP contribution in [0.1, 0.15) is 31.4 Å². The van der Waals surface area contributed by atoms with Crippen LogP contribution in [0.25, 0.3) is 0 Å². The van der Waals surface area contributed by atoms with Gasteiger partial charge in [-0.3, -0.25) is 9.10 Å². The van der Waals surface area contributed by atoms with Crippen LogP contribution in [0.3, 0.4) is 0 Å². The molecule has 1 amide bonds. The molecule has 1 atom stereocenters. The molecule has 3 rings (SSSR count). The van der Waals surface area contributed by atoms with Gasteiger partial charge in [0.15, 0.2) is 11.5 Å². The molecule has 0 spiro atoms. The van der Waals surface area contributed by atoms with E-state index in [1.54, 1.807) is 44.6 Å². The third kappa shape index (κ3) is 5.56. The molecule has 32 heavy (non-hydrogen) atoms. The molecule has 1 aliphatic heterocycles. The summed E-state index contributed by atoms with van der Waals surface area (Å²) in [7, 11) is -0.404. The molecule has 1 heterocycles. The molecule has 0 saturated heterocycles. The van der Waals surface area contributed by atoms with E-state index in [2.05, 4.69) is 5.32 Å². The van der Waals surface area contributed by atoms with Gasteiger partial charge in [-0.2, -0.15) is 0 Å². The lowest BCUT2D eigenvalue weighted by Gasteiger charge is -2.23. The Kier molecular flexibility index (Phi) is 7.34. The van der Waals surface area contributed by atoms with Crippen LogP contribution in [-0.2, 0) is 14.8 Å². The number of carbonyl (C=O) groups is 1. The summed E-state index contributed by atoms with van der Waals surface area (Å²) in [5.41, 5.74) is 1.25. The highest BCUT2D eigenvalue weighted by Gasteiger charge is 2.22. The Bertz CT molecular complexity index is 1070. The molecule has 2 aromatic carbocycles. The van der Waals surface area contributed by atoms with Crippen LogP contribution in [-0.4, -0.2) is 48.1 Å². The van der Waals surface area contributed by atoms with Gasteiger partial charge in [0.1, 0.15) is 11.5 Å². The van der Waals surface area contributed by atoms with Gasteiger partial charge in [0.05, 0.1) is 32.2 Å². The summed E-state index contributed by atoms with van der Waals surface area (Å²) in [6, 6.07) is 10.0. The van der Waals surface area contributed by atoms with Crippen molar-refractivity contribution in [1.82, 2.24) is 5.32 Å². The maximum atomic E-state index is 12.5. The SMILES string of the molecule is COc1ccc(OC)c(C(C)NC(=O)CCCN(c2ccc3c(c2)OCO3)S(C)(=O)=O)c1. The van der Waals surface area contributed by atoms with Crippen molar-refractivity contribution in [1.29, 1.82) is 0 Å². The van der Waals surface area contributed by atoms with Crippen molar-refractivity contribution in [2.75, 3.05) is 38.1 Å². The highest BCUT2D eigenvalue weighted by molar-refractivity contribution is 7.92. The van der Waals surface area contributed by atoms with Crippen molar-refractivity contribution in [3.63, 3.8) is 0 Å². The van der Waals surface area contributed by atoms with E-state index >= 15 is 0 Å². The Balaban J connectivity index is 1.61. The maximum absolute atomic E-state index is 12.5. The number of sulfonamides is 1.